The van der Waals surface area contributed by atoms with Gasteiger partial charge in [0.2, 0.25) is 5.91 Å². The minimum atomic E-state index is -1.13. The fraction of sp³-hybridized carbons (Fsp3) is 0.297. The number of benzene rings is 2. The van der Waals surface area contributed by atoms with E-state index in [1.165, 1.54) is 4.90 Å². The topological polar surface area (TPSA) is 116 Å². The summed E-state index contributed by atoms with van der Waals surface area (Å²) in [5.74, 6) is -0.674. The lowest BCUT2D eigenvalue weighted by atomic mass is 9.66. The maximum Gasteiger partial charge on any atom is 0.410 e. The summed E-state index contributed by atoms with van der Waals surface area (Å²) in [5.41, 5.74) is 3.32. The van der Waals surface area contributed by atoms with Crippen LogP contribution in [0.25, 0.3) is 11.1 Å². The summed E-state index contributed by atoms with van der Waals surface area (Å²) in [6.07, 6.45) is 7.48. The number of rotatable bonds is 6. The van der Waals surface area contributed by atoms with Gasteiger partial charge in [-0.25, -0.2) is 4.79 Å². The van der Waals surface area contributed by atoms with Gasteiger partial charge in [-0.2, -0.15) is 5.26 Å². The van der Waals surface area contributed by atoms with Crippen LogP contribution in [0.5, 0.6) is 0 Å². The Bertz CT molecular complexity index is 1770. The monoisotopic (exact) mass is 613 g/mol. The third-order valence-electron chi connectivity index (χ3n) is 8.65. The normalized spacial score (nSPS) is 17.4. The number of pyridine rings is 2. The van der Waals surface area contributed by atoms with E-state index >= 15 is 4.79 Å². The minimum absolute atomic E-state index is 0.192. The number of nitrogens with zero attached hydrogens (tertiary/aromatic N) is 5. The summed E-state index contributed by atoms with van der Waals surface area (Å²) in [5, 5.41) is 9.29. The molecule has 1 saturated heterocycles. The van der Waals surface area contributed by atoms with Crippen molar-refractivity contribution in [2.45, 2.75) is 57.1 Å². The van der Waals surface area contributed by atoms with E-state index in [2.05, 4.69) is 16.0 Å². The smallest absolute Gasteiger partial charge is 0.410 e. The van der Waals surface area contributed by atoms with Crippen LogP contribution < -0.4 is 0 Å². The molecular weight excluding hydrogens is 578 g/mol. The molecule has 2 aromatic heterocycles. The maximum absolute atomic E-state index is 15.1. The maximum atomic E-state index is 15.1. The molecule has 1 unspecified atom stereocenters. The highest BCUT2D eigenvalue weighted by molar-refractivity contribution is 6.14. The van der Waals surface area contributed by atoms with Crippen molar-refractivity contribution >= 4 is 17.9 Å². The van der Waals surface area contributed by atoms with Gasteiger partial charge in [-0.15, -0.1) is 0 Å². The number of carbonyl (C=O) groups excluding carboxylic acids is 3. The van der Waals surface area contributed by atoms with Gasteiger partial charge in [0.25, 0.3) is 5.91 Å². The summed E-state index contributed by atoms with van der Waals surface area (Å²) >= 11 is 0. The molecule has 1 atom stereocenters. The molecule has 9 heteroatoms. The van der Waals surface area contributed by atoms with Gasteiger partial charge < -0.3 is 9.64 Å². The molecule has 4 heterocycles. The Morgan fingerprint density at radius 1 is 0.913 bits per heavy atom. The predicted molar refractivity (Wildman–Crippen MR) is 172 cm³/mol. The fourth-order valence-corrected chi connectivity index (χ4v) is 6.50. The van der Waals surface area contributed by atoms with Crippen LogP contribution in [0, 0.1) is 11.3 Å². The Morgan fingerprint density at radius 3 is 2.07 bits per heavy atom. The molecule has 2 aliphatic rings. The average molecular weight is 614 g/mol. The Morgan fingerprint density at radius 2 is 1.50 bits per heavy atom. The highest BCUT2D eigenvalue weighted by Gasteiger charge is 2.53. The third kappa shape index (κ3) is 5.98. The van der Waals surface area contributed by atoms with Crippen molar-refractivity contribution in [3.05, 3.63) is 119 Å². The van der Waals surface area contributed by atoms with Gasteiger partial charge in [-0.05, 0) is 110 Å². The van der Waals surface area contributed by atoms with Crippen LogP contribution >= 0.6 is 0 Å². The van der Waals surface area contributed by atoms with Crippen molar-refractivity contribution in [3.8, 4) is 17.2 Å². The molecule has 2 aromatic carbocycles. The summed E-state index contributed by atoms with van der Waals surface area (Å²) in [6, 6.07) is 22.1. The van der Waals surface area contributed by atoms with Crippen molar-refractivity contribution in [3.63, 3.8) is 0 Å². The first kappa shape index (κ1) is 30.7. The van der Waals surface area contributed by atoms with Gasteiger partial charge in [-0.1, -0.05) is 24.3 Å². The van der Waals surface area contributed by atoms with Crippen LogP contribution in [-0.2, 0) is 27.8 Å². The molecule has 0 aliphatic carbocycles. The molecule has 46 heavy (non-hydrogen) atoms. The van der Waals surface area contributed by atoms with Crippen molar-refractivity contribution in [1.82, 2.24) is 19.8 Å². The quantitative estimate of drug-likeness (QED) is 0.255. The number of hydrogen-bond acceptors (Lipinski definition) is 7. The molecule has 4 aromatic rings. The van der Waals surface area contributed by atoms with E-state index in [9.17, 15) is 14.9 Å². The lowest BCUT2D eigenvalue weighted by molar-refractivity contribution is -0.137. The van der Waals surface area contributed by atoms with Crippen LogP contribution in [0.15, 0.2) is 91.5 Å². The van der Waals surface area contributed by atoms with Crippen molar-refractivity contribution < 1.29 is 19.1 Å². The van der Waals surface area contributed by atoms with E-state index in [0.717, 1.165) is 22.3 Å². The van der Waals surface area contributed by atoms with Crippen LogP contribution in [0.2, 0.25) is 0 Å². The Kier molecular flexibility index (Phi) is 8.13. The van der Waals surface area contributed by atoms with Gasteiger partial charge in [0.15, 0.2) is 0 Å². The molecule has 0 N–H and O–H groups in total. The number of amides is 3. The summed E-state index contributed by atoms with van der Waals surface area (Å²) in [7, 11) is 0. The first-order valence-electron chi connectivity index (χ1n) is 15.4. The molecule has 3 amide bonds. The van der Waals surface area contributed by atoms with Gasteiger partial charge in [-0.3, -0.25) is 24.5 Å². The highest BCUT2D eigenvalue weighted by Crippen LogP contribution is 2.43. The SMILES string of the molecule is CC(C)(C)OC(=O)N1CCC(N2C(=O)c3cc(-c4ccc(C#N)cc4)ccc3C(Cc3ccncc3)(Cc3ccncc3)C2=O)C1. The van der Waals surface area contributed by atoms with Crippen molar-refractivity contribution in [1.29, 1.82) is 5.26 Å². The fourth-order valence-electron chi connectivity index (χ4n) is 6.50. The first-order valence-corrected chi connectivity index (χ1v) is 15.4. The number of hydrogen-bond donors (Lipinski definition) is 0. The van der Waals surface area contributed by atoms with E-state index in [4.69, 9.17) is 4.74 Å². The Hall–Kier alpha value is -5.36. The zero-order valence-electron chi connectivity index (χ0n) is 26.1. The van der Waals surface area contributed by atoms with E-state index in [-0.39, 0.29) is 18.4 Å². The lowest BCUT2D eigenvalue weighted by Crippen LogP contribution is -2.60. The molecular formula is C37H35N5O4. The largest absolute Gasteiger partial charge is 0.444 e. The molecule has 1 fully saturated rings. The van der Waals surface area contributed by atoms with Gasteiger partial charge in [0.05, 0.1) is 23.1 Å². The summed E-state index contributed by atoms with van der Waals surface area (Å²) < 4.78 is 5.61. The number of aromatic nitrogens is 2. The van der Waals surface area contributed by atoms with Crippen molar-refractivity contribution in [2.24, 2.45) is 0 Å². The second kappa shape index (κ2) is 12.2. The van der Waals surface area contributed by atoms with E-state index in [1.54, 1.807) is 41.8 Å². The Labute approximate surface area is 268 Å². The first-order chi connectivity index (χ1) is 22.1. The van der Waals surface area contributed by atoms with Crippen LogP contribution in [0.1, 0.15) is 59.8 Å². The number of imide groups is 1. The van der Waals surface area contributed by atoms with Gasteiger partial charge in [0, 0.05) is 43.4 Å². The average Bonchev–Trinajstić information content (AvgIpc) is 3.54. The molecule has 232 valence electrons. The van der Waals surface area contributed by atoms with Crippen LogP contribution in [-0.4, -0.2) is 62.4 Å². The number of likely N-dealkylation sites (tertiary alicyclic amines) is 1. The summed E-state index contributed by atoms with van der Waals surface area (Å²) in [4.78, 5) is 53.9. The van der Waals surface area contributed by atoms with Gasteiger partial charge >= 0.3 is 6.09 Å². The molecule has 0 bridgehead atoms. The number of nitriles is 1. The third-order valence-corrected chi connectivity index (χ3v) is 8.65. The molecule has 0 saturated carbocycles. The van der Waals surface area contributed by atoms with Crippen LogP contribution in [0.4, 0.5) is 4.79 Å². The van der Waals surface area contributed by atoms with Crippen LogP contribution in [0.3, 0.4) is 0 Å². The minimum Gasteiger partial charge on any atom is -0.444 e. The zero-order chi connectivity index (χ0) is 32.5. The second-order valence-electron chi connectivity index (χ2n) is 12.9. The second-order valence-corrected chi connectivity index (χ2v) is 12.9. The zero-order valence-corrected chi connectivity index (χ0v) is 26.1. The lowest BCUT2D eigenvalue weighted by Gasteiger charge is -2.44. The number of ether oxygens (including phenoxy) is 1. The van der Waals surface area contributed by atoms with Gasteiger partial charge in [0.1, 0.15) is 5.60 Å². The number of fused-ring (bicyclic) bond motifs is 1. The Balaban J connectivity index is 1.49. The highest BCUT2D eigenvalue weighted by atomic mass is 16.6. The molecule has 9 nitrogen and oxygen atoms in total. The molecule has 0 radical (unpaired) electrons. The van der Waals surface area contributed by atoms with E-state index < -0.39 is 23.2 Å². The molecule has 0 spiro atoms. The predicted octanol–water partition coefficient (Wildman–Crippen LogP) is 5.73. The molecule has 2 aliphatic heterocycles. The number of carbonyl (C=O) groups is 3. The van der Waals surface area contributed by atoms with E-state index in [0.29, 0.717) is 42.5 Å². The molecule has 6 rings (SSSR count). The van der Waals surface area contributed by atoms with Crippen molar-refractivity contribution in [2.75, 3.05) is 13.1 Å². The summed E-state index contributed by atoms with van der Waals surface area (Å²) in [6.45, 7) is 6.00. The van der Waals surface area contributed by atoms with E-state index in [1.807, 2.05) is 75.4 Å². The standard InChI is InChI=1S/C37H35N5O4/c1-36(2,3)46-35(45)41-19-14-30(24-41)42-33(43)31-20-29(28-6-4-27(23-38)5-7-28)8-9-32(31)37(34(42)44,21-25-10-15-39-16-11-25)22-26-12-17-40-18-13-26/h4-13,15-18,20,30H,14,19,21-22,24H2,1-3H3.